The minimum atomic E-state index is -0.591. The summed E-state index contributed by atoms with van der Waals surface area (Å²) in [6, 6.07) is 6.99. The minimum absolute atomic E-state index is 0.0828. The van der Waals surface area contributed by atoms with Gasteiger partial charge in [-0.15, -0.1) is 0 Å². The number of nitro groups is 1. The molecule has 8 heteroatoms. The first-order chi connectivity index (χ1) is 9.58. The van der Waals surface area contributed by atoms with Gasteiger partial charge in [0.25, 0.3) is 11.2 Å². The van der Waals surface area contributed by atoms with E-state index in [-0.39, 0.29) is 23.5 Å². The van der Waals surface area contributed by atoms with Gasteiger partial charge in [0.1, 0.15) is 12.2 Å². The fourth-order valence-corrected chi connectivity index (χ4v) is 1.58. The van der Waals surface area contributed by atoms with Gasteiger partial charge in [-0.1, -0.05) is 12.1 Å². The highest BCUT2D eigenvalue weighted by Gasteiger charge is 2.14. The lowest BCUT2D eigenvalue weighted by Crippen LogP contribution is -2.27. The summed E-state index contributed by atoms with van der Waals surface area (Å²) in [5, 5.41) is 13.2. The van der Waals surface area contributed by atoms with E-state index in [1.165, 1.54) is 36.8 Å². The molecule has 8 nitrogen and oxygen atoms in total. The fourth-order valence-electron chi connectivity index (χ4n) is 1.58. The van der Waals surface area contributed by atoms with Gasteiger partial charge in [0.2, 0.25) is 5.91 Å². The van der Waals surface area contributed by atoms with Gasteiger partial charge in [-0.3, -0.25) is 24.3 Å². The molecule has 0 spiro atoms. The first kappa shape index (κ1) is 13.4. The van der Waals surface area contributed by atoms with E-state index in [0.717, 1.165) is 4.57 Å². The monoisotopic (exact) mass is 274 g/mol. The van der Waals surface area contributed by atoms with Crippen LogP contribution in [0.5, 0.6) is 0 Å². The normalized spacial score (nSPS) is 10.0. The average molecular weight is 274 g/mol. The Kier molecular flexibility index (Phi) is 3.85. The lowest BCUT2D eigenvalue weighted by molar-refractivity contribution is -0.383. The van der Waals surface area contributed by atoms with Gasteiger partial charge in [-0.05, 0) is 6.07 Å². The Labute approximate surface area is 112 Å². The maximum Gasteiger partial charge on any atom is 0.292 e. The van der Waals surface area contributed by atoms with Crippen molar-refractivity contribution in [2.75, 3.05) is 5.32 Å². The zero-order valence-corrected chi connectivity index (χ0v) is 10.2. The highest BCUT2D eigenvalue weighted by atomic mass is 16.6. The van der Waals surface area contributed by atoms with E-state index in [4.69, 9.17) is 0 Å². The van der Waals surface area contributed by atoms with E-state index in [9.17, 15) is 19.7 Å². The van der Waals surface area contributed by atoms with Crippen LogP contribution in [0, 0.1) is 10.1 Å². The zero-order chi connectivity index (χ0) is 14.5. The van der Waals surface area contributed by atoms with Crippen molar-refractivity contribution in [1.29, 1.82) is 0 Å². The molecule has 102 valence electrons. The van der Waals surface area contributed by atoms with Crippen molar-refractivity contribution >= 4 is 17.3 Å². The second-order valence-corrected chi connectivity index (χ2v) is 3.87. The van der Waals surface area contributed by atoms with Crippen molar-refractivity contribution in [2.24, 2.45) is 0 Å². The molecular formula is C12H10N4O4. The molecule has 2 aromatic rings. The van der Waals surface area contributed by atoms with Crippen LogP contribution < -0.4 is 10.9 Å². The smallest absolute Gasteiger partial charge is 0.292 e. The Balaban J connectivity index is 2.15. The molecule has 1 aromatic carbocycles. The van der Waals surface area contributed by atoms with Crippen LogP contribution in [0.2, 0.25) is 0 Å². The molecule has 20 heavy (non-hydrogen) atoms. The molecule has 1 aromatic heterocycles. The van der Waals surface area contributed by atoms with E-state index >= 15 is 0 Å². The highest BCUT2D eigenvalue weighted by molar-refractivity contribution is 5.92. The number of nitrogens with one attached hydrogen (secondary N) is 1. The number of para-hydroxylation sites is 2. The summed E-state index contributed by atoms with van der Waals surface area (Å²) in [4.78, 5) is 37.1. The van der Waals surface area contributed by atoms with Crippen LogP contribution in [0.3, 0.4) is 0 Å². The lowest BCUT2D eigenvalue weighted by Gasteiger charge is -2.06. The number of rotatable bonds is 4. The molecular weight excluding hydrogens is 264 g/mol. The summed E-state index contributed by atoms with van der Waals surface area (Å²) >= 11 is 0. The van der Waals surface area contributed by atoms with E-state index in [2.05, 4.69) is 10.3 Å². The van der Waals surface area contributed by atoms with Crippen LogP contribution in [0.4, 0.5) is 11.4 Å². The van der Waals surface area contributed by atoms with Gasteiger partial charge in [0, 0.05) is 18.3 Å². The van der Waals surface area contributed by atoms with Crippen molar-refractivity contribution < 1.29 is 9.72 Å². The van der Waals surface area contributed by atoms with Gasteiger partial charge in [-0.25, -0.2) is 4.98 Å². The van der Waals surface area contributed by atoms with Crippen molar-refractivity contribution in [3.8, 4) is 0 Å². The first-order valence-corrected chi connectivity index (χ1v) is 5.61. The summed E-state index contributed by atoms with van der Waals surface area (Å²) in [6.45, 7) is -0.265. The van der Waals surface area contributed by atoms with Gasteiger partial charge < -0.3 is 5.32 Å². The van der Waals surface area contributed by atoms with Crippen LogP contribution in [0.25, 0.3) is 0 Å². The molecule has 1 heterocycles. The lowest BCUT2D eigenvalue weighted by atomic mass is 10.2. The standard InChI is InChI=1S/C12H10N4O4/c17-11(7-15-8-13-6-5-12(15)18)14-9-3-1-2-4-10(9)16(19)20/h1-6,8H,7H2,(H,14,17). The second kappa shape index (κ2) is 5.74. The molecule has 0 saturated carbocycles. The molecule has 2 rings (SSSR count). The molecule has 0 aliphatic rings. The summed E-state index contributed by atoms with van der Waals surface area (Å²) < 4.78 is 1.10. The van der Waals surface area contributed by atoms with Crippen molar-refractivity contribution in [3.05, 3.63) is 63.3 Å². The summed E-state index contributed by atoms with van der Waals surface area (Å²) in [5.41, 5.74) is -0.503. The molecule has 0 saturated heterocycles. The molecule has 0 unspecified atom stereocenters. The fraction of sp³-hybridized carbons (Fsp3) is 0.0833. The number of nitrogens with zero attached hydrogens (tertiary/aromatic N) is 3. The first-order valence-electron chi connectivity index (χ1n) is 5.61. The number of carbonyl (C=O) groups is 1. The summed E-state index contributed by atoms with van der Waals surface area (Å²) in [5.74, 6) is -0.547. The number of benzene rings is 1. The number of carbonyl (C=O) groups excluding carboxylic acids is 1. The molecule has 1 amide bonds. The molecule has 0 radical (unpaired) electrons. The zero-order valence-electron chi connectivity index (χ0n) is 10.2. The van der Waals surface area contributed by atoms with E-state index in [1.807, 2.05) is 0 Å². The Hall–Kier alpha value is -3.03. The largest absolute Gasteiger partial charge is 0.319 e. The number of hydrogen-bond acceptors (Lipinski definition) is 5. The van der Waals surface area contributed by atoms with E-state index < -0.39 is 10.8 Å². The second-order valence-electron chi connectivity index (χ2n) is 3.87. The quantitative estimate of drug-likeness (QED) is 0.655. The van der Waals surface area contributed by atoms with Gasteiger partial charge in [0.05, 0.1) is 11.3 Å². The molecule has 0 atom stereocenters. The van der Waals surface area contributed by atoms with E-state index in [1.54, 1.807) is 6.07 Å². The van der Waals surface area contributed by atoms with E-state index in [0.29, 0.717) is 0 Å². The average Bonchev–Trinajstić information content (AvgIpc) is 2.41. The minimum Gasteiger partial charge on any atom is -0.319 e. The third-order valence-electron chi connectivity index (χ3n) is 2.48. The Morgan fingerprint density at radius 2 is 2.10 bits per heavy atom. The third kappa shape index (κ3) is 3.05. The number of nitro benzene ring substituents is 1. The highest BCUT2D eigenvalue weighted by Crippen LogP contribution is 2.22. The van der Waals surface area contributed by atoms with Crippen LogP contribution in [0.1, 0.15) is 0 Å². The predicted octanol–water partition coefficient (Wildman–Crippen LogP) is 0.790. The number of aromatic nitrogens is 2. The molecule has 0 aliphatic carbocycles. The predicted molar refractivity (Wildman–Crippen MR) is 70.2 cm³/mol. The molecule has 0 bridgehead atoms. The van der Waals surface area contributed by atoms with Crippen molar-refractivity contribution in [3.63, 3.8) is 0 Å². The third-order valence-corrected chi connectivity index (χ3v) is 2.48. The van der Waals surface area contributed by atoms with Gasteiger partial charge >= 0.3 is 0 Å². The molecule has 0 fully saturated rings. The maximum absolute atomic E-state index is 11.8. The summed E-state index contributed by atoms with van der Waals surface area (Å²) in [6.07, 6.45) is 2.54. The van der Waals surface area contributed by atoms with Crippen LogP contribution >= 0.6 is 0 Å². The topological polar surface area (TPSA) is 107 Å². The van der Waals surface area contributed by atoms with Crippen molar-refractivity contribution in [2.45, 2.75) is 6.54 Å². The number of amides is 1. The summed E-state index contributed by atoms with van der Waals surface area (Å²) in [7, 11) is 0. The number of anilines is 1. The van der Waals surface area contributed by atoms with Crippen LogP contribution in [-0.4, -0.2) is 20.4 Å². The van der Waals surface area contributed by atoms with Gasteiger partial charge in [-0.2, -0.15) is 0 Å². The maximum atomic E-state index is 11.8. The van der Waals surface area contributed by atoms with Crippen LogP contribution in [-0.2, 0) is 11.3 Å². The molecule has 0 aliphatic heterocycles. The SMILES string of the molecule is O=C(Cn1cnccc1=O)Nc1ccccc1[N+](=O)[O-]. The van der Waals surface area contributed by atoms with Crippen LogP contribution in [0.15, 0.2) is 47.7 Å². The Bertz CT molecular complexity index is 710. The van der Waals surface area contributed by atoms with Gasteiger partial charge in [0.15, 0.2) is 0 Å². The van der Waals surface area contributed by atoms with Crippen molar-refractivity contribution in [1.82, 2.24) is 9.55 Å². The molecule has 1 N–H and O–H groups in total. The Morgan fingerprint density at radius 1 is 1.35 bits per heavy atom. The number of hydrogen-bond donors (Lipinski definition) is 1. The Morgan fingerprint density at radius 3 is 2.80 bits per heavy atom.